The van der Waals surface area contributed by atoms with Crippen molar-refractivity contribution < 1.29 is 15.0 Å². The maximum atomic E-state index is 11.8. The van der Waals surface area contributed by atoms with Crippen LogP contribution in [-0.4, -0.2) is 20.7 Å². The van der Waals surface area contributed by atoms with E-state index in [4.69, 9.17) is 0 Å². The second-order valence-corrected chi connectivity index (χ2v) is 6.92. The molecule has 0 saturated carbocycles. The van der Waals surface area contributed by atoms with Crippen LogP contribution in [0, 0.1) is 0 Å². The molecule has 28 heavy (non-hydrogen) atoms. The Morgan fingerprint density at radius 2 is 1.86 bits per heavy atom. The summed E-state index contributed by atoms with van der Waals surface area (Å²) in [6.07, 6.45) is 1.56. The van der Waals surface area contributed by atoms with E-state index in [0.29, 0.717) is 24.2 Å². The second-order valence-electron chi connectivity index (χ2n) is 6.92. The number of aliphatic hydroxyl groups excluding tert-OH is 1. The predicted molar refractivity (Wildman–Crippen MR) is 107 cm³/mol. The Kier molecular flexibility index (Phi) is 4.49. The van der Waals surface area contributed by atoms with Gasteiger partial charge in [-0.1, -0.05) is 24.3 Å². The van der Waals surface area contributed by atoms with E-state index in [1.165, 1.54) is 12.3 Å². The highest BCUT2D eigenvalue weighted by Crippen LogP contribution is 2.34. The molecule has 0 fully saturated rings. The van der Waals surface area contributed by atoms with Gasteiger partial charge >= 0.3 is 0 Å². The van der Waals surface area contributed by atoms with Gasteiger partial charge in [0.1, 0.15) is 0 Å². The first-order valence-electron chi connectivity index (χ1n) is 9.10. The average molecular weight is 376 g/mol. The first-order valence-corrected chi connectivity index (χ1v) is 9.10. The Bertz CT molecular complexity index is 1130. The van der Waals surface area contributed by atoms with Crippen molar-refractivity contribution >= 4 is 11.6 Å². The monoisotopic (exact) mass is 376 g/mol. The highest BCUT2D eigenvalue weighted by Gasteiger charge is 2.19. The molecule has 2 aromatic carbocycles. The first kappa shape index (κ1) is 18.0. The van der Waals surface area contributed by atoms with Crippen molar-refractivity contribution in [1.29, 1.82) is 0 Å². The molecule has 0 aliphatic carbocycles. The fourth-order valence-electron chi connectivity index (χ4n) is 3.60. The molecule has 1 unspecified atom stereocenters. The summed E-state index contributed by atoms with van der Waals surface area (Å²) in [4.78, 5) is 23.5. The number of aromatic nitrogens is 1. The fraction of sp³-hybridized carbons (Fsp3) is 0.182. The minimum Gasteiger partial charge on any atom is -0.503 e. The van der Waals surface area contributed by atoms with Gasteiger partial charge in [-0.2, -0.15) is 0 Å². The third kappa shape index (κ3) is 3.18. The summed E-state index contributed by atoms with van der Waals surface area (Å²) >= 11 is 0. The van der Waals surface area contributed by atoms with E-state index in [0.717, 1.165) is 22.4 Å². The van der Waals surface area contributed by atoms with Crippen molar-refractivity contribution in [3.05, 3.63) is 76.2 Å². The number of carbonyl (C=O) groups excluding carboxylic acids is 1. The Morgan fingerprint density at radius 1 is 1.07 bits per heavy atom. The zero-order chi connectivity index (χ0) is 19.8. The number of aliphatic hydroxyl groups is 1. The van der Waals surface area contributed by atoms with E-state index in [-0.39, 0.29) is 11.7 Å². The van der Waals surface area contributed by atoms with Crippen LogP contribution in [0.25, 0.3) is 16.8 Å². The molecular formula is C22H20N2O4. The first-order chi connectivity index (χ1) is 13.4. The predicted octanol–water partition coefficient (Wildman–Crippen LogP) is 3.15. The summed E-state index contributed by atoms with van der Waals surface area (Å²) in [7, 11) is 0. The van der Waals surface area contributed by atoms with E-state index in [2.05, 4.69) is 5.32 Å². The van der Waals surface area contributed by atoms with Gasteiger partial charge in [0.2, 0.25) is 11.3 Å². The zero-order valence-electron chi connectivity index (χ0n) is 15.3. The molecule has 1 aromatic heterocycles. The molecule has 0 radical (unpaired) electrons. The number of fused-ring (bicyclic) bond motifs is 1. The van der Waals surface area contributed by atoms with E-state index in [1.807, 2.05) is 42.5 Å². The fourth-order valence-corrected chi connectivity index (χ4v) is 3.60. The number of amides is 1. The Morgan fingerprint density at radius 3 is 2.64 bits per heavy atom. The van der Waals surface area contributed by atoms with Crippen molar-refractivity contribution in [3.8, 4) is 22.6 Å². The highest BCUT2D eigenvalue weighted by atomic mass is 16.3. The number of nitrogens with one attached hydrogen (secondary N) is 1. The van der Waals surface area contributed by atoms with Crippen molar-refractivity contribution in [1.82, 2.24) is 4.57 Å². The lowest BCUT2D eigenvalue weighted by Crippen LogP contribution is -2.19. The molecule has 1 amide bonds. The molecule has 3 N–H and O–H groups in total. The smallest absolute Gasteiger partial charge is 0.224 e. The van der Waals surface area contributed by atoms with Crippen LogP contribution in [0.2, 0.25) is 0 Å². The van der Waals surface area contributed by atoms with Crippen LogP contribution in [0.3, 0.4) is 0 Å². The third-order valence-electron chi connectivity index (χ3n) is 4.98. The molecule has 0 spiro atoms. The molecule has 0 bridgehead atoms. The van der Waals surface area contributed by atoms with Crippen LogP contribution in [0.4, 0.5) is 5.69 Å². The summed E-state index contributed by atoms with van der Waals surface area (Å²) in [6.45, 7) is 1.57. The van der Waals surface area contributed by atoms with Crippen LogP contribution in [0.15, 0.2) is 59.5 Å². The van der Waals surface area contributed by atoms with Crippen molar-refractivity contribution in [2.75, 3.05) is 5.32 Å². The zero-order valence-corrected chi connectivity index (χ0v) is 15.3. The van der Waals surface area contributed by atoms with Gasteiger partial charge in [-0.25, -0.2) is 0 Å². The topological polar surface area (TPSA) is 91.6 Å². The van der Waals surface area contributed by atoms with Crippen molar-refractivity contribution in [2.45, 2.75) is 25.9 Å². The lowest BCUT2D eigenvalue weighted by atomic mass is 9.92. The molecule has 0 saturated heterocycles. The molecule has 3 aromatic rings. The SMILES string of the molecule is CC(O)c1cc(=O)c(O)cn1-c1cccc(-c2cccc3c2CCC(=O)N3)c1. The number of carbonyl (C=O) groups is 1. The van der Waals surface area contributed by atoms with Gasteiger partial charge in [0.15, 0.2) is 5.75 Å². The molecule has 1 aliphatic rings. The standard InChI is InChI=1S/C22H20N2O4/c1-13(25)19-11-20(26)21(27)12-24(19)15-5-2-4-14(10-15)16-6-3-7-18-17(16)8-9-22(28)23-18/h2-7,10-13,25,27H,8-9H2,1H3,(H,23,28). The maximum absolute atomic E-state index is 11.8. The Labute approximate surface area is 161 Å². The van der Waals surface area contributed by atoms with Crippen LogP contribution < -0.4 is 10.7 Å². The molecular weight excluding hydrogens is 356 g/mol. The quantitative estimate of drug-likeness (QED) is 0.655. The van der Waals surface area contributed by atoms with Crippen LogP contribution >= 0.6 is 0 Å². The number of rotatable bonds is 3. The largest absolute Gasteiger partial charge is 0.503 e. The van der Waals surface area contributed by atoms with Crippen molar-refractivity contribution in [3.63, 3.8) is 0 Å². The maximum Gasteiger partial charge on any atom is 0.224 e. The van der Waals surface area contributed by atoms with Gasteiger partial charge < -0.3 is 20.1 Å². The number of pyridine rings is 1. The summed E-state index contributed by atoms with van der Waals surface area (Å²) in [6, 6.07) is 14.7. The highest BCUT2D eigenvalue weighted by molar-refractivity contribution is 5.95. The number of hydrogen-bond acceptors (Lipinski definition) is 4. The summed E-state index contributed by atoms with van der Waals surface area (Å²) < 4.78 is 1.61. The normalized spacial score (nSPS) is 14.3. The van der Waals surface area contributed by atoms with Crippen LogP contribution in [0.5, 0.6) is 5.75 Å². The van der Waals surface area contributed by atoms with E-state index >= 15 is 0 Å². The number of benzene rings is 2. The van der Waals surface area contributed by atoms with Gasteiger partial charge in [-0.15, -0.1) is 0 Å². The van der Waals surface area contributed by atoms with E-state index in [9.17, 15) is 19.8 Å². The Balaban J connectivity index is 1.85. The molecule has 6 heteroatoms. The minimum absolute atomic E-state index is 0.0173. The number of hydrogen-bond donors (Lipinski definition) is 3. The summed E-state index contributed by atoms with van der Waals surface area (Å²) in [5.74, 6) is -0.363. The summed E-state index contributed by atoms with van der Waals surface area (Å²) in [5.41, 5.74) is 4.44. The molecule has 2 heterocycles. The van der Waals surface area contributed by atoms with E-state index in [1.54, 1.807) is 11.5 Å². The average Bonchev–Trinajstić information content (AvgIpc) is 2.69. The van der Waals surface area contributed by atoms with Crippen molar-refractivity contribution in [2.24, 2.45) is 0 Å². The summed E-state index contributed by atoms with van der Waals surface area (Å²) in [5, 5.41) is 22.9. The van der Waals surface area contributed by atoms with E-state index < -0.39 is 11.5 Å². The Hall–Kier alpha value is -3.38. The van der Waals surface area contributed by atoms with Gasteiger partial charge in [-0.05, 0) is 48.2 Å². The third-order valence-corrected chi connectivity index (χ3v) is 4.98. The molecule has 6 nitrogen and oxygen atoms in total. The van der Waals surface area contributed by atoms with Crippen LogP contribution in [-0.2, 0) is 11.2 Å². The molecule has 142 valence electrons. The second kappa shape index (κ2) is 6.98. The minimum atomic E-state index is -0.878. The molecule has 1 aliphatic heterocycles. The van der Waals surface area contributed by atoms with Gasteiger partial charge in [0.25, 0.3) is 0 Å². The van der Waals surface area contributed by atoms with Gasteiger partial charge in [0.05, 0.1) is 18.0 Å². The number of anilines is 1. The number of nitrogens with zero attached hydrogens (tertiary/aromatic N) is 1. The lowest BCUT2D eigenvalue weighted by molar-refractivity contribution is -0.116. The van der Waals surface area contributed by atoms with Crippen LogP contribution in [0.1, 0.15) is 30.7 Å². The van der Waals surface area contributed by atoms with Gasteiger partial charge in [0, 0.05) is 23.9 Å². The lowest BCUT2D eigenvalue weighted by Gasteiger charge is -2.21. The van der Waals surface area contributed by atoms with Gasteiger partial charge in [-0.3, -0.25) is 9.59 Å². The molecule has 1 atom stereocenters. The molecule has 4 rings (SSSR count). The number of aromatic hydroxyl groups is 1.